The zero-order valence-corrected chi connectivity index (χ0v) is 20.8. The molecule has 5 heteroatoms. The summed E-state index contributed by atoms with van der Waals surface area (Å²) in [7, 11) is 2.22. The van der Waals surface area contributed by atoms with Gasteiger partial charge in [0.15, 0.2) is 5.78 Å². The first-order valence-corrected chi connectivity index (χ1v) is 12.8. The van der Waals surface area contributed by atoms with E-state index in [1.165, 1.54) is 37.1 Å². The first-order valence-electron chi connectivity index (χ1n) is 12.8. The first kappa shape index (κ1) is 23.2. The molecule has 2 bridgehead atoms. The number of benzene rings is 2. The van der Waals surface area contributed by atoms with Crippen LogP contribution in [0.3, 0.4) is 0 Å². The molecule has 0 N–H and O–H groups in total. The van der Waals surface area contributed by atoms with Crippen LogP contribution in [-0.2, 0) is 12.3 Å². The maximum Gasteiger partial charge on any atom is 0.299 e. The van der Waals surface area contributed by atoms with Crippen molar-refractivity contribution in [3.8, 4) is 0 Å². The molecule has 2 heterocycles. The van der Waals surface area contributed by atoms with E-state index in [-0.39, 0.29) is 28.9 Å². The number of Topliss-reactive ketones (excluding diaryl/α,β-unsaturated/α-hetero) is 1. The fourth-order valence-electron chi connectivity index (χ4n) is 6.67. The van der Waals surface area contributed by atoms with Gasteiger partial charge in [-0.15, -0.1) is 0 Å². The first-order chi connectivity index (χ1) is 17.2. The fraction of sp³-hybridized carbons (Fsp3) is 0.355. The van der Waals surface area contributed by atoms with Crippen molar-refractivity contribution >= 4 is 28.3 Å². The normalized spacial score (nSPS) is 26.9. The van der Waals surface area contributed by atoms with Crippen LogP contribution in [0.5, 0.6) is 0 Å². The Morgan fingerprint density at radius 3 is 2.69 bits per heavy atom. The molecule has 0 unspecified atom stereocenters. The zero-order chi connectivity index (χ0) is 25.4. The number of hydrogen-bond donors (Lipinski definition) is 0. The van der Waals surface area contributed by atoms with E-state index in [1.54, 1.807) is 19.1 Å². The molecule has 2 aromatic rings. The Hall–Kier alpha value is -3.18. The van der Waals surface area contributed by atoms with Gasteiger partial charge >= 0.3 is 0 Å². The predicted molar refractivity (Wildman–Crippen MR) is 141 cm³/mol. The third-order valence-corrected chi connectivity index (χ3v) is 8.64. The number of allylic oxidation sites excluding steroid dienone is 4. The van der Waals surface area contributed by atoms with E-state index in [9.17, 15) is 4.79 Å². The van der Waals surface area contributed by atoms with E-state index in [0.717, 1.165) is 23.2 Å². The lowest BCUT2D eigenvalue weighted by atomic mass is 9.91. The molecule has 2 aliphatic carbocycles. The molecular weight excluding hydrogens is 454 g/mol. The van der Waals surface area contributed by atoms with Gasteiger partial charge in [-0.3, -0.25) is 14.7 Å². The van der Waals surface area contributed by atoms with Gasteiger partial charge in [-0.1, -0.05) is 38.3 Å². The average Bonchev–Trinajstić information content (AvgIpc) is 3.62. The van der Waals surface area contributed by atoms with Crippen LogP contribution in [0.15, 0.2) is 66.2 Å². The van der Waals surface area contributed by atoms with E-state index in [2.05, 4.69) is 25.1 Å². The maximum atomic E-state index is 15.5. The van der Waals surface area contributed by atoms with Gasteiger partial charge in [-0.2, -0.15) is 8.78 Å². The minimum atomic E-state index is -3.24. The van der Waals surface area contributed by atoms with Crippen LogP contribution in [0.1, 0.15) is 65.2 Å². The number of likely N-dealkylation sites (tertiary alicyclic amines) is 1. The molecule has 184 valence electrons. The van der Waals surface area contributed by atoms with Gasteiger partial charge in [-0.05, 0) is 84.3 Å². The standard InChI is InChI=1S/C31H30F2N2O/c1-5-29(36)20-7-10-24-18(3)25(31(32,33)26(24)15-20)12-17(2)19-8-11-27-22(13-19)16-28(34-27)30-21-6-9-23(14-21)35(30)4/h7-8,10-13,15,21,23,30H,2-3,5-6,9,14,16H2,1,4H3/b25-12+/t21-,23+,30-/m0/s1. The smallest absolute Gasteiger partial charge is 0.295 e. The van der Waals surface area contributed by atoms with Crippen molar-refractivity contribution in [3.63, 3.8) is 0 Å². The minimum Gasteiger partial charge on any atom is -0.295 e. The van der Waals surface area contributed by atoms with Gasteiger partial charge in [0, 0.05) is 41.3 Å². The number of alkyl halides is 2. The SMILES string of the molecule is C=C(/C=C1\C(=C)c2ccc(C(=O)CC)cc2C1(F)F)c1ccc2c(c1)CC([C@@H]1[C@H]3CC[C@H](C3)N1C)=N2. The molecule has 3 atom stereocenters. The van der Waals surface area contributed by atoms with Gasteiger partial charge < -0.3 is 0 Å². The lowest BCUT2D eigenvalue weighted by molar-refractivity contribution is 0.0479. The zero-order valence-electron chi connectivity index (χ0n) is 20.8. The Morgan fingerprint density at radius 2 is 1.97 bits per heavy atom. The van der Waals surface area contributed by atoms with E-state index in [0.29, 0.717) is 34.7 Å². The lowest BCUT2D eigenvalue weighted by Crippen LogP contribution is -2.43. The number of carbonyl (C=O) groups excluding carboxylic acids is 1. The van der Waals surface area contributed by atoms with Crippen LogP contribution in [-0.4, -0.2) is 35.5 Å². The molecule has 2 aliphatic heterocycles. The molecule has 36 heavy (non-hydrogen) atoms. The number of rotatable bonds is 5. The summed E-state index contributed by atoms with van der Waals surface area (Å²) in [4.78, 5) is 19.6. The molecule has 1 saturated carbocycles. The van der Waals surface area contributed by atoms with Gasteiger partial charge in [0.2, 0.25) is 0 Å². The highest BCUT2D eigenvalue weighted by atomic mass is 19.3. The van der Waals surface area contributed by atoms with Crippen molar-refractivity contribution in [3.05, 3.63) is 89.0 Å². The molecular formula is C31H30F2N2O. The van der Waals surface area contributed by atoms with Crippen molar-refractivity contribution in [1.29, 1.82) is 0 Å². The molecule has 0 aromatic heterocycles. The van der Waals surface area contributed by atoms with E-state index >= 15 is 8.78 Å². The average molecular weight is 485 g/mol. The highest BCUT2D eigenvalue weighted by Gasteiger charge is 2.47. The summed E-state index contributed by atoms with van der Waals surface area (Å²) >= 11 is 0. The minimum absolute atomic E-state index is 0.155. The quantitative estimate of drug-likeness (QED) is 0.422. The molecule has 3 nitrogen and oxygen atoms in total. The second-order valence-electron chi connectivity index (χ2n) is 10.6. The Bertz CT molecular complexity index is 1400. The molecule has 0 amide bonds. The second kappa shape index (κ2) is 8.17. The third kappa shape index (κ3) is 3.40. The van der Waals surface area contributed by atoms with Gasteiger partial charge in [-0.25, -0.2) is 0 Å². The summed E-state index contributed by atoms with van der Waals surface area (Å²) in [5.41, 5.74) is 5.28. The molecule has 0 spiro atoms. The van der Waals surface area contributed by atoms with Gasteiger partial charge in [0.25, 0.3) is 5.92 Å². The van der Waals surface area contributed by atoms with Crippen molar-refractivity contribution in [1.82, 2.24) is 4.90 Å². The second-order valence-corrected chi connectivity index (χ2v) is 10.6. The van der Waals surface area contributed by atoms with Crippen LogP contribution in [0.2, 0.25) is 0 Å². The summed E-state index contributed by atoms with van der Waals surface area (Å²) in [5, 5.41) is 0. The summed E-state index contributed by atoms with van der Waals surface area (Å²) < 4.78 is 31.0. The molecule has 4 aliphatic rings. The third-order valence-electron chi connectivity index (χ3n) is 8.64. The van der Waals surface area contributed by atoms with Crippen LogP contribution in [0, 0.1) is 5.92 Å². The lowest BCUT2D eigenvalue weighted by Gasteiger charge is -2.32. The predicted octanol–water partition coefficient (Wildman–Crippen LogP) is 7.15. The molecule has 1 saturated heterocycles. The number of fused-ring (bicyclic) bond motifs is 4. The molecule has 6 rings (SSSR count). The van der Waals surface area contributed by atoms with E-state index in [1.807, 2.05) is 18.2 Å². The molecule has 2 aromatic carbocycles. The number of ketones is 1. The summed E-state index contributed by atoms with van der Waals surface area (Å²) in [6.07, 6.45) is 6.35. The highest BCUT2D eigenvalue weighted by molar-refractivity contribution is 6.00. The Balaban J connectivity index is 1.26. The monoisotopic (exact) mass is 484 g/mol. The van der Waals surface area contributed by atoms with Crippen molar-refractivity contribution in [2.45, 2.75) is 57.0 Å². The maximum absolute atomic E-state index is 15.5. The van der Waals surface area contributed by atoms with Crippen molar-refractivity contribution in [2.24, 2.45) is 10.9 Å². The highest BCUT2D eigenvalue weighted by Crippen LogP contribution is 2.52. The Kier molecular flexibility index (Phi) is 5.27. The largest absolute Gasteiger partial charge is 0.299 e. The van der Waals surface area contributed by atoms with Gasteiger partial charge in [0.1, 0.15) is 0 Å². The van der Waals surface area contributed by atoms with E-state index < -0.39 is 5.92 Å². The summed E-state index contributed by atoms with van der Waals surface area (Å²) in [5.74, 6) is -2.70. The van der Waals surface area contributed by atoms with Crippen LogP contribution >= 0.6 is 0 Å². The van der Waals surface area contributed by atoms with Crippen molar-refractivity contribution in [2.75, 3.05) is 7.05 Å². The number of piperidine rings is 1. The summed E-state index contributed by atoms with van der Waals surface area (Å²) in [6.45, 7) is 9.80. The fourth-order valence-corrected chi connectivity index (χ4v) is 6.67. The number of nitrogens with zero attached hydrogens (tertiary/aromatic N) is 2. The summed E-state index contributed by atoms with van der Waals surface area (Å²) in [6, 6.07) is 11.5. The number of aliphatic imine (C=N–C) groups is 1. The topological polar surface area (TPSA) is 32.7 Å². The van der Waals surface area contributed by atoms with Gasteiger partial charge in [0.05, 0.1) is 11.7 Å². The molecule has 0 radical (unpaired) electrons. The number of hydrogen-bond acceptors (Lipinski definition) is 3. The number of halogens is 2. The van der Waals surface area contributed by atoms with E-state index in [4.69, 9.17) is 4.99 Å². The Morgan fingerprint density at radius 1 is 1.19 bits per heavy atom. The Labute approximate surface area is 210 Å². The number of carbonyl (C=O) groups is 1. The van der Waals surface area contributed by atoms with Crippen LogP contribution in [0.25, 0.3) is 11.1 Å². The van der Waals surface area contributed by atoms with Crippen LogP contribution < -0.4 is 0 Å². The van der Waals surface area contributed by atoms with Crippen molar-refractivity contribution < 1.29 is 13.6 Å². The molecule has 2 fully saturated rings. The van der Waals surface area contributed by atoms with Crippen LogP contribution in [0.4, 0.5) is 14.5 Å².